The van der Waals surface area contributed by atoms with E-state index in [0.717, 1.165) is 25.0 Å². The van der Waals surface area contributed by atoms with Crippen LogP contribution in [-0.2, 0) is 4.74 Å². The van der Waals surface area contributed by atoms with Crippen LogP contribution in [0.15, 0.2) is 18.2 Å². The molecule has 17 heavy (non-hydrogen) atoms. The number of hydrogen-bond donors (Lipinski definition) is 1. The Hall–Kier alpha value is -2.11. The first-order valence-corrected chi connectivity index (χ1v) is 5.20. The van der Waals surface area contributed by atoms with Crippen LogP contribution in [0.2, 0.25) is 0 Å². The summed E-state index contributed by atoms with van der Waals surface area (Å²) >= 11 is 0. The SMILES string of the molecule is CCCCOC(=O)c1ccc([N+](=O)[O-])c(O)c1. The average molecular weight is 239 g/mol. The van der Waals surface area contributed by atoms with Crippen LogP contribution in [0.4, 0.5) is 5.69 Å². The Balaban J connectivity index is 2.76. The molecule has 0 bridgehead atoms. The molecule has 0 aliphatic carbocycles. The van der Waals surface area contributed by atoms with Gasteiger partial charge < -0.3 is 9.84 Å². The van der Waals surface area contributed by atoms with E-state index in [2.05, 4.69) is 0 Å². The smallest absolute Gasteiger partial charge is 0.338 e. The van der Waals surface area contributed by atoms with Crippen molar-refractivity contribution < 1.29 is 19.6 Å². The maximum absolute atomic E-state index is 11.4. The number of phenols is 1. The van der Waals surface area contributed by atoms with Crippen molar-refractivity contribution in [1.29, 1.82) is 0 Å². The van der Waals surface area contributed by atoms with Crippen molar-refractivity contribution in [1.82, 2.24) is 0 Å². The molecule has 0 saturated carbocycles. The van der Waals surface area contributed by atoms with E-state index in [-0.39, 0.29) is 5.56 Å². The van der Waals surface area contributed by atoms with Gasteiger partial charge in [0.25, 0.3) is 0 Å². The van der Waals surface area contributed by atoms with Gasteiger partial charge in [-0.25, -0.2) is 4.79 Å². The third kappa shape index (κ3) is 3.44. The van der Waals surface area contributed by atoms with Crippen molar-refractivity contribution in [2.75, 3.05) is 6.61 Å². The standard InChI is InChI=1S/C11H13NO5/c1-2-3-6-17-11(14)8-4-5-9(12(15)16)10(13)7-8/h4-5,7,13H,2-3,6H2,1H3. The van der Waals surface area contributed by atoms with Crippen molar-refractivity contribution in [3.63, 3.8) is 0 Å². The van der Waals surface area contributed by atoms with Crippen molar-refractivity contribution >= 4 is 11.7 Å². The summed E-state index contributed by atoms with van der Waals surface area (Å²) in [7, 11) is 0. The van der Waals surface area contributed by atoms with Gasteiger partial charge >= 0.3 is 11.7 Å². The predicted octanol–water partition coefficient (Wildman–Crippen LogP) is 2.26. The van der Waals surface area contributed by atoms with Gasteiger partial charge in [-0.15, -0.1) is 0 Å². The van der Waals surface area contributed by atoms with Crippen LogP contribution >= 0.6 is 0 Å². The largest absolute Gasteiger partial charge is 0.502 e. The van der Waals surface area contributed by atoms with Crippen LogP contribution in [0.1, 0.15) is 30.1 Å². The monoisotopic (exact) mass is 239 g/mol. The molecule has 1 aromatic carbocycles. The summed E-state index contributed by atoms with van der Waals surface area (Å²) in [6.45, 7) is 2.26. The van der Waals surface area contributed by atoms with E-state index in [1.54, 1.807) is 0 Å². The molecule has 0 aliphatic heterocycles. The molecule has 0 atom stereocenters. The highest BCUT2D eigenvalue weighted by Gasteiger charge is 2.16. The highest BCUT2D eigenvalue weighted by atomic mass is 16.6. The molecule has 0 radical (unpaired) electrons. The number of carbonyl (C=O) groups excluding carboxylic acids is 1. The van der Waals surface area contributed by atoms with Crippen molar-refractivity contribution in [2.24, 2.45) is 0 Å². The van der Waals surface area contributed by atoms with Gasteiger partial charge in [0.1, 0.15) is 0 Å². The van der Waals surface area contributed by atoms with Gasteiger partial charge in [-0.3, -0.25) is 10.1 Å². The number of benzene rings is 1. The Labute approximate surface area is 98.0 Å². The Morgan fingerprint density at radius 2 is 2.24 bits per heavy atom. The molecule has 0 fully saturated rings. The van der Waals surface area contributed by atoms with Crippen molar-refractivity contribution in [3.05, 3.63) is 33.9 Å². The number of phenolic OH excluding ortho intramolecular Hbond substituents is 1. The molecule has 1 N–H and O–H groups in total. The maximum atomic E-state index is 11.4. The third-order valence-corrected chi connectivity index (χ3v) is 2.14. The zero-order valence-corrected chi connectivity index (χ0v) is 9.38. The fourth-order valence-electron chi connectivity index (χ4n) is 1.20. The fraction of sp³-hybridized carbons (Fsp3) is 0.364. The van der Waals surface area contributed by atoms with E-state index in [0.29, 0.717) is 6.61 Å². The minimum Gasteiger partial charge on any atom is -0.502 e. The van der Waals surface area contributed by atoms with Gasteiger partial charge in [-0.1, -0.05) is 13.3 Å². The highest BCUT2D eigenvalue weighted by molar-refractivity contribution is 5.90. The number of carbonyl (C=O) groups is 1. The van der Waals surface area contributed by atoms with Crippen LogP contribution in [0.3, 0.4) is 0 Å². The zero-order valence-electron chi connectivity index (χ0n) is 9.38. The lowest BCUT2D eigenvalue weighted by molar-refractivity contribution is -0.385. The third-order valence-electron chi connectivity index (χ3n) is 2.14. The summed E-state index contributed by atoms with van der Waals surface area (Å²) in [5, 5.41) is 19.8. The molecular formula is C11H13NO5. The second-order valence-electron chi connectivity index (χ2n) is 3.45. The minimum absolute atomic E-state index is 0.101. The number of hydrogen-bond acceptors (Lipinski definition) is 5. The first kappa shape index (κ1) is 13.0. The number of unbranched alkanes of at least 4 members (excludes halogenated alkanes) is 1. The van der Waals surface area contributed by atoms with Gasteiger partial charge in [0.2, 0.25) is 0 Å². The van der Waals surface area contributed by atoms with E-state index >= 15 is 0 Å². The molecule has 0 saturated heterocycles. The molecule has 0 spiro atoms. The van der Waals surface area contributed by atoms with E-state index in [1.165, 1.54) is 6.07 Å². The fourth-order valence-corrected chi connectivity index (χ4v) is 1.20. The minimum atomic E-state index is -0.721. The zero-order chi connectivity index (χ0) is 12.8. The van der Waals surface area contributed by atoms with Gasteiger partial charge in [0, 0.05) is 12.1 Å². The van der Waals surface area contributed by atoms with E-state index in [1.807, 2.05) is 6.92 Å². The number of aromatic hydroxyl groups is 1. The molecule has 1 rings (SSSR count). The van der Waals surface area contributed by atoms with Crippen LogP contribution in [0.25, 0.3) is 0 Å². The predicted molar refractivity (Wildman–Crippen MR) is 60.0 cm³/mol. The molecule has 0 aliphatic rings. The van der Waals surface area contributed by atoms with Crippen LogP contribution < -0.4 is 0 Å². The van der Waals surface area contributed by atoms with Gasteiger partial charge in [0.05, 0.1) is 17.1 Å². The number of ether oxygens (including phenoxy) is 1. The Kier molecular flexibility index (Phi) is 4.45. The molecule has 0 aromatic heterocycles. The van der Waals surface area contributed by atoms with Crippen LogP contribution in [0, 0.1) is 10.1 Å². The molecule has 1 aromatic rings. The van der Waals surface area contributed by atoms with Crippen molar-refractivity contribution in [3.8, 4) is 5.75 Å². The van der Waals surface area contributed by atoms with Crippen molar-refractivity contribution in [2.45, 2.75) is 19.8 Å². The lowest BCUT2D eigenvalue weighted by atomic mass is 10.2. The van der Waals surface area contributed by atoms with Crippen LogP contribution in [-0.4, -0.2) is 22.6 Å². The highest BCUT2D eigenvalue weighted by Crippen LogP contribution is 2.26. The summed E-state index contributed by atoms with van der Waals surface area (Å²) < 4.78 is 4.90. The number of nitrogens with zero attached hydrogens (tertiary/aromatic N) is 1. The molecule has 0 heterocycles. The first-order valence-electron chi connectivity index (χ1n) is 5.20. The first-order chi connectivity index (χ1) is 8.06. The quantitative estimate of drug-likeness (QED) is 0.368. The summed E-state index contributed by atoms with van der Waals surface area (Å²) in [4.78, 5) is 21.2. The van der Waals surface area contributed by atoms with Crippen LogP contribution in [0.5, 0.6) is 5.75 Å². The summed E-state index contributed by atoms with van der Waals surface area (Å²) in [5.41, 5.74) is -0.334. The molecule has 0 amide bonds. The number of rotatable bonds is 5. The summed E-state index contributed by atoms with van der Waals surface area (Å²) in [6.07, 6.45) is 1.66. The molecule has 6 nitrogen and oxygen atoms in total. The Bertz CT molecular complexity index is 430. The molecule has 0 unspecified atom stereocenters. The number of nitro benzene ring substituents is 1. The lowest BCUT2D eigenvalue weighted by Crippen LogP contribution is -2.06. The van der Waals surface area contributed by atoms with E-state index in [9.17, 15) is 20.0 Å². The number of esters is 1. The summed E-state index contributed by atoms with van der Waals surface area (Å²) in [5.74, 6) is -1.14. The van der Waals surface area contributed by atoms with Gasteiger partial charge in [-0.2, -0.15) is 0 Å². The topological polar surface area (TPSA) is 89.7 Å². The average Bonchev–Trinajstić information content (AvgIpc) is 2.28. The van der Waals surface area contributed by atoms with E-state index < -0.39 is 22.3 Å². The molecule has 6 heteroatoms. The Morgan fingerprint density at radius 1 is 1.53 bits per heavy atom. The van der Waals surface area contributed by atoms with Gasteiger partial charge in [-0.05, 0) is 12.5 Å². The maximum Gasteiger partial charge on any atom is 0.338 e. The second kappa shape index (κ2) is 5.83. The molecule has 92 valence electrons. The van der Waals surface area contributed by atoms with E-state index in [4.69, 9.17) is 4.74 Å². The lowest BCUT2D eigenvalue weighted by Gasteiger charge is -2.04. The van der Waals surface area contributed by atoms with Gasteiger partial charge in [0.15, 0.2) is 5.75 Å². The number of nitro groups is 1. The summed E-state index contributed by atoms with van der Waals surface area (Å²) in [6, 6.07) is 3.37. The second-order valence-corrected chi connectivity index (χ2v) is 3.45. The molecular weight excluding hydrogens is 226 g/mol. The Morgan fingerprint density at radius 3 is 2.76 bits per heavy atom. The normalized spacial score (nSPS) is 9.94.